The van der Waals surface area contributed by atoms with E-state index in [2.05, 4.69) is 30.4 Å². The molecule has 0 fully saturated rings. The highest BCUT2D eigenvalue weighted by atomic mass is 16.5. The fraction of sp³-hybridized carbons (Fsp3) is 0.571. The van der Waals surface area contributed by atoms with Gasteiger partial charge in [-0.1, -0.05) is 17.7 Å². The van der Waals surface area contributed by atoms with E-state index in [9.17, 15) is 0 Å². The Bertz CT molecular complexity index is 365. The quantitative estimate of drug-likeness (QED) is 0.764. The number of fused-ring (bicyclic) bond motifs is 1. The molecule has 1 aliphatic heterocycles. The van der Waals surface area contributed by atoms with Gasteiger partial charge in [0, 0.05) is 26.7 Å². The molecule has 0 aliphatic carbocycles. The van der Waals surface area contributed by atoms with Gasteiger partial charge >= 0.3 is 0 Å². The zero-order chi connectivity index (χ0) is 12.1. The molecule has 0 aromatic heterocycles. The van der Waals surface area contributed by atoms with Crippen LogP contribution in [0.25, 0.3) is 0 Å². The normalized spacial score (nSPS) is 17.9. The third-order valence-electron chi connectivity index (χ3n) is 3.03. The van der Waals surface area contributed by atoms with Crippen LogP contribution in [0.4, 0.5) is 0 Å². The van der Waals surface area contributed by atoms with Gasteiger partial charge in [-0.15, -0.1) is 0 Å². The van der Waals surface area contributed by atoms with Crippen LogP contribution in [-0.2, 0) is 11.2 Å². The van der Waals surface area contributed by atoms with Gasteiger partial charge in [-0.25, -0.2) is 0 Å². The molecule has 3 nitrogen and oxygen atoms in total. The molecule has 0 bridgehead atoms. The van der Waals surface area contributed by atoms with Crippen molar-refractivity contribution in [3.05, 3.63) is 29.3 Å². The number of benzene rings is 1. The molecule has 1 atom stereocenters. The lowest BCUT2D eigenvalue weighted by molar-refractivity contribution is 0.189. The van der Waals surface area contributed by atoms with E-state index in [1.165, 1.54) is 11.1 Å². The fourth-order valence-corrected chi connectivity index (χ4v) is 2.17. The summed E-state index contributed by atoms with van der Waals surface area (Å²) >= 11 is 0. The third-order valence-corrected chi connectivity index (χ3v) is 3.03. The van der Waals surface area contributed by atoms with Crippen LogP contribution < -0.4 is 10.1 Å². The Kier molecular flexibility index (Phi) is 4.40. The Labute approximate surface area is 103 Å². The third kappa shape index (κ3) is 3.45. The Morgan fingerprint density at radius 3 is 3.18 bits per heavy atom. The maximum absolute atomic E-state index is 5.87. The molecule has 2 rings (SSSR count). The van der Waals surface area contributed by atoms with Crippen LogP contribution in [0.15, 0.2) is 18.2 Å². The molecule has 0 spiro atoms. The van der Waals surface area contributed by atoms with Gasteiger partial charge in [0.15, 0.2) is 0 Å². The number of ether oxygens (including phenoxy) is 2. The molecule has 1 aromatic rings. The van der Waals surface area contributed by atoms with Crippen LogP contribution in [0.5, 0.6) is 5.75 Å². The van der Waals surface area contributed by atoms with E-state index >= 15 is 0 Å². The first-order chi connectivity index (χ1) is 8.29. The molecular formula is C14H21NO2. The molecule has 0 amide bonds. The molecule has 17 heavy (non-hydrogen) atoms. The van der Waals surface area contributed by atoms with Gasteiger partial charge in [0.05, 0.1) is 0 Å². The first-order valence-electron chi connectivity index (χ1n) is 6.25. The van der Waals surface area contributed by atoms with Crippen molar-refractivity contribution in [2.75, 3.05) is 26.8 Å². The summed E-state index contributed by atoms with van der Waals surface area (Å²) in [7, 11) is 1.74. The molecule has 94 valence electrons. The van der Waals surface area contributed by atoms with Crippen LogP contribution in [-0.4, -0.2) is 32.9 Å². The van der Waals surface area contributed by atoms with Gasteiger partial charge < -0.3 is 14.8 Å². The second-order valence-electron chi connectivity index (χ2n) is 4.61. The largest absolute Gasteiger partial charge is 0.488 e. The highest BCUT2D eigenvalue weighted by molar-refractivity contribution is 5.40. The molecular weight excluding hydrogens is 214 g/mol. The minimum absolute atomic E-state index is 0.286. The summed E-state index contributed by atoms with van der Waals surface area (Å²) in [6.45, 7) is 4.84. The van der Waals surface area contributed by atoms with Crippen molar-refractivity contribution in [2.24, 2.45) is 0 Å². The van der Waals surface area contributed by atoms with E-state index in [1.54, 1.807) is 7.11 Å². The zero-order valence-corrected chi connectivity index (χ0v) is 10.7. The molecule has 1 N–H and O–H groups in total. The predicted molar refractivity (Wildman–Crippen MR) is 68.7 cm³/mol. The standard InChI is InChI=1S/C14H21NO2/c1-11-4-5-14-12(8-11)9-13(17-14)10-15-6-3-7-16-2/h4-5,8,13,15H,3,6-7,9-10H2,1-2H3. The summed E-state index contributed by atoms with van der Waals surface area (Å²) in [5, 5.41) is 3.41. The lowest BCUT2D eigenvalue weighted by Gasteiger charge is -2.11. The Morgan fingerprint density at radius 2 is 2.35 bits per heavy atom. The summed E-state index contributed by atoms with van der Waals surface area (Å²) in [5.41, 5.74) is 2.65. The number of hydrogen-bond acceptors (Lipinski definition) is 3. The monoisotopic (exact) mass is 235 g/mol. The number of rotatable bonds is 6. The Balaban J connectivity index is 1.73. The van der Waals surface area contributed by atoms with Crippen molar-refractivity contribution < 1.29 is 9.47 Å². The highest BCUT2D eigenvalue weighted by Crippen LogP contribution is 2.29. The molecule has 0 saturated heterocycles. The van der Waals surface area contributed by atoms with Crippen LogP contribution in [0.1, 0.15) is 17.5 Å². The number of methoxy groups -OCH3 is 1. The van der Waals surface area contributed by atoms with Gasteiger partial charge in [0.2, 0.25) is 0 Å². The van der Waals surface area contributed by atoms with Crippen LogP contribution >= 0.6 is 0 Å². The van der Waals surface area contributed by atoms with E-state index in [4.69, 9.17) is 9.47 Å². The maximum Gasteiger partial charge on any atom is 0.123 e. The van der Waals surface area contributed by atoms with E-state index in [0.717, 1.165) is 38.3 Å². The number of nitrogens with one attached hydrogen (secondary N) is 1. The molecule has 1 unspecified atom stereocenters. The van der Waals surface area contributed by atoms with Crippen molar-refractivity contribution in [3.63, 3.8) is 0 Å². The minimum atomic E-state index is 0.286. The van der Waals surface area contributed by atoms with Gasteiger partial charge in [-0.2, -0.15) is 0 Å². The minimum Gasteiger partial charge on any atom is -0.488 e. The van der Waals surface area contributed by atoms with Crippen molar-refractivity contribution in [1.82, 2.24) is 5.32 Å². The van der Waals surface area contributed by atoms with E-state index < -0.39 is 0 Å². The fourth-order valence-electron chi connectivity index (χ4n) is 2.17. The Hall–Kier alpha value is -1.06. The number of aryl methyl sites for hydroxylation is 1. The average Bonchev–Trinajstić information content (AvgIpc) is 2.70. The molecule has 0 radical (unpaired) electrons. The second-order valence-corrected chi connectivity index (χ2v) is 4.61. The van der Waals surface area contributed by atoms with Crippen LogP contribution in [0, 0.1) is 6.92 Å². The molecule has 1 heterocycles. The zero-order valence-electron chi connectivity index (χ0n) is 10.7. The summed E-state index contributed by atoms with van der Waals surface area (Å²) in [5.74, 6) is 1.05. The van der Waals surface area contributed by atoms with E-state index in [-0.39, 0.29) is 6.10 Å². The smallest absolute Gasteiger partial charge is 0.123 e. The second kappa shape index (κ2) is 6.03. The van der Waals surface area contributed by atoms with E-state index in [0.29, 0.717) is 0 Å². The molecule has 1 aliphatic rings. The molecule has 1 aromatic carbocycles. The van der Waals surface area contributed by atoms with E-state index in [1.807, 2.05) is 0 Å². The van der Waals surface area contributed by atoms with Crippen molar-refractivity contribution in [3.8, 4) is 5.75 Å². The maximum atomic E-state index is 5.87. The average molecular weight is 235 g/mol. The predicted octanol–water partition coefficient (Wildman–Crippen LogP) is 1.92. The summed E-state index contributed by atoms with van der Waals surface area (Å²) < 4.78 is 10.9. The van der Waals surface area contributed by atoms with Crippen molar-refractivity contribution >= 4 is 0 Å². The number of hydrogen-bond donors (Lipinski definition) is 1. The van der Waals surface area contributed by atoms with Crippen molar-refractivity contribution in [2.45, 2.75) is 25.9 Å². The van der Waals surface area contributed by atoms with Crippen LogP contribution in [0.3, 0.4) is 0 Å². The first-order valence-corrected chi connectivity index (χ1v) is 6.25. The van der Waals surface area contributed by atoms with Gasteiger partial charge in [-0.05, 0) is 31.5 Å². The van der Waals surface area contributed by atoms with Gasteiger partial charge in [0.1, 0.15) is 11.9 Å². The Morgan fingerprint density at radius 1 is 1.47 bits per heavy atom. The molecule has 0 saturated carbocycles. The SMILES string of the molecule is COCCCNCC1Cc2cc(C)ccc2O1. The lowest BCUT2D eigenvalue weighted by Crippen LogP contribution is -2.31. The van der Waals surface area contributed by atoms with Gasteiger partial charge in [-0.3, -0.25) is 0 Å². The van der Waals surface area contributed by atoms with Crippen molar-refractivity contribution in [1.29, 1.82) is 0 Å². The first kappa shape index (κ1) is 12.4. The topological polar surface area (TPSA) is 30.5 Å². The summed E-state index contributed by atoms with van der Waals surface area (Å²) in [6.07, 6.45) is 2.36. The van der Waals surface area contributed by atoms with Gasteiger partial charge in [0.25, 0.3) is 0 Å². The highest BCUT2D eigenvalue weighted by Gasteiger charge is 2.21. The molecule has 3 heteroatoms. The summed E-state index contributed by atoms with van der Waals surface area (Å²) in [6, 6.07) is 6.41. The summed E-state index contributed by atoms with van der Waals surface area (Å²) in [4.78, 5) is 0. The lowest BCUT2D eigenvalue weighted by atomic mass is 10.1. The van der Waals surface area contributed by atoms with Crippen LogP contribution in [0.2, 0.25) is 0 Å².